The van der Waals surface area contributed by atoms with Gasteiger partial charge in [-0.05, 0) is 31.4 Å². The van der Waals surface area contributed by atoms with Gasteiger partial charge in [-0.2, -0.15) is 0 Å². The van der Waals surface area contributed by atoms with Crippen molar-refractivity contribution in [3.8, 4) is 0 Å². The third kappa shape index (κ3) is 2.72. The number of hydrogen-bond acceptors (Lipinski definition) is 3. The van der Waals surface area contributed by atoms with Gasteiger partial charge in [-0.15, -0.1) is 0 Å². The molecule has 4 heteroatoms. The minimum absolute atomic E-state index is 0.749. The predicted octanol–water partition coefficient (Wildman–Crippen LogP) is 1.78. The van der Waals surface area contributed by atoms with Gasteiger partial charge in [0.05, 0.1) is 11.1 Å². The number of aromatic nitrogens is 1. The lowest BCUT2D eigenvalue weighted by molar-refractivity contribution is 0.103. The van der Waals surface area contributed by atoms with Gasteiger partial charge in [-0.3, -0.25) is 4.90 Å². The van der Waals surface area contributed by atoms with Crippen LogP contribution in [0, 0.1) is 5.92 Å². The Morgan fingerprint density at radius 3 is 2.69 bits per heavy atom. The fourth-order valence-electron chi connectivity index (χ4n) is 2.04. The Balaban J connectivity index is 2.08. The second-order valence-electron chi connectivity index (χ2n) is 5.14. The molecule has 3 nitrogen and oxygen atoms in total. The molecule has 1 fully saturated rings. The maximum absolute atomic E-state index is 11.9. The van der Waals surface area contributed by atoms with Gasteiger partial charge in [-0.25, -0.2) is 4.98 Å². The van der Waals surface area contributed by atoms with Crippen LogP contribution in [0.5, 0.6) is 0 Å². The molecule has 0 spiro atoms. The van der Waals surface area contributed by atoms with E-state index in [1.165, 1.54) is 0 Å². The van der Waals surface area contributed by atoms with E-state index in [4.69, 9.17) is 0 Å². The molecule has 1 aromatic rings. The number of nitrogens with zero attached hydrogens (tertiary/aromatic N) is 2. The summed E-state index contributed by atoms with van der Waals surface area (Å²) in [5.74, 6) is 0.812. The average Bonchev–Trinajstić information content (AvgIpc) is 2.14. The molecule has 0 radical (unpaired) electrons. The maximum Gasteiger partial charge on any atom is 0.127 e. The van der Waals surface area contributed by atoms with E-state index in [1.807, 2.05) is 18.2 Å². The molecular weight excluding hydrogens is 219 g/mol. The lowest BCUT2D eigenvalue weighted by Gasteiger charge is -2.36. The molecule has 0 atom stereocenters. The lowest BCUT2D eigenvalue weighted by atomic mass is 10.0. The molecule has 0 aliphatic carbocycles. The Hall–Kier alpha value is -0.660. The van der Waals surface area contributed by atoms with Crippen LogP contribution in [0.25, 0.3) is 0 Å². The fourth-order valence-corrected chi connectivity index (χ4v) is 2.86. The minimum Gasteiger partial charge on any atom is -0.318 e. The molecule has 1 saturated heterocycles. The van der Waals surface area contributed by atoms with E-state index in [-0.39, 0.29) is 0 Å². The summed E-state index contributed by atoms with van der Waals surface area (Å²) < 4.78 is 11.9. The highest BCUT2D eigenvalue weighted by Crippen LogP contribution is 2.33. The molecule has 1 aliphatic rings. The zero-order valence-corrected chi connectivity index (χ0v) is 11.1. The van der Waals surface area contributed by atoms with Gasteiger partial charge in [0.25, 0.3) is 0 Å². The van der Waals surface area contributed by atoms with Crippen LogP contribution in [0.1, 0.15) is 12.6 Å². The van der Waals surface area contributed by atoms with E-state index in [0.29, 0.717) is 0 Å². The quantitative estimate of drug-likeness (QED) is 0.753. The van der Waals surface area contributed by atoms with Crippen LogP contribution in [-0.2, 0) is 11.1 Å². The van der Waals surface area contributed by atoms with E-state index in [0.717, 1.165) is 36.7 Å². The second-order valence-corrected chi connectivity index (χ2v) is 8.30. The van der Waals surface area contributed by atoms with Crippen molar-refractivity contribution in [3.05, 3.63) is 23.9 Å². The van der Waals surface area contributed by atoms with Crippen LogP contribution in [0.15, 0.2) is 18.2 Å². The monoisotopic (exact) mass is 238 g/mol. The average molecular weight is 238 g/mol. The Labute approximate surface area is 97.2 Å². The zero-order valence-electron chi connectivity index (χ0n) is 10.2. The topological polar surface area (TPSA) is 33.2 Å². The van der Waals surface area contributed by atoms with Gasteiger partial charge >= 0.3 is 0 Å². The number of pyridine rings is 1. The summed E-state index contributed by atoms with van der Waals surface area (Å²) >= 11 is 0. The molecule has 0 aromatic carbocycles. The fraction of sp³-hybridized carbons (Fsp3) is 0.583. The Morgan fingerprint density at radius 1 is 1.44 bits per heavy atom. The van der Waals surface area contributed by atoms with E-state index < -0.39 is 7.14 Å². The van der Waals surface area contributed by atoms with Crippen molar-refractivity contribution in [1.82, 2.24) is 9.88 Å². The third-order valence-corrected chi connectivity index (χ3v) is 4.22. The SMILES string of the molecule is CC1CN(Cc2cccc(P(C)(C)=O)n2)C1. The van der Waals surface area contributed by atoms with Gasteiger partial charge in [0.2, 0.25) is 0 Å². The van der Waals surface area contributed by atoms with Crippen LogP contribution < -0.4 is 5.44 Å². The summed E-state index contributed by atoms with van der Waals surface area (Å²) in [5, 5.41) is 0. The van der Waals surface area contributed by atoms with Crippen LogP contribution >= 0.6 is 7.14 Å². The molecule has 88 valence electrons. The molecule has 16 heavy (non-hydrogen) atoms. The van der Waals surface area contributed by atoms with E-state index in [2.05, 4.69) is 16.8 Å². The van der Waals surface area contributed by atoms with Crippen LogP contribution in [0.4, 0.5) is 0 Å². The molecule has 1 aliphatic heterocycles. The first-order chi connectivity index (χ1) is 7.45. The molecular formula is C12H19N2OP. The molecule has 0 unspecified atom stereocenters. The highest BCUT2D eigenvalue weighted by molar-refractivity contribution is 7.69. The molecule has 1 aromatic heterocycles. The summed E-state index contributed by atoms with van der Waals surface area (Å²) in [5.41, 5.74) is 1.78. The highest BCUT2D eigenvalue weighted by Gasteiger charge is 2.23. The first kappa shape index (κ1) is 11.8. The van der Waals surface area contributed by atoms with Crippen LogP contribution in [0.2, 0.25) is 0 Å². The lowest BCUT2D eigenvalue weighted by Crippen LogP contribution is -2.44. The standard InChI is InChI=1S/C12H19N2OP/c1-10-7-14(8-10)9-11-5-4-6-12(13-11)16(2,3)15/h4-6,10H,7-9H2,1-3H3. The molecule has 2 rings (SSSR count). The van der Waals surface area contributed by atoms with Crippen LogP contribution in [0.3, 0.4) is 0 Å². The van der Waals surface area contributed by atoms with Crippen molar-refractivity contribution >= 4 is 12.6 Å². The third-order valence-electron chi connectivity index (χ3n) is 2.87. The van der Waals surface area contributed by atoms with Crippen molar-refractivity contribution in [2.75, 3.05) is 26.4 Å². The first-order valence-electron chi connectivity index (χ1n) is 5.69. The summed E-state index contributed by atoms with van der Waals surface area (Å²) in [6, 6.07) is 5.84. The number of hydrogen-bond donors (Lipinski definition) is 0. The maximum atomic E-state index is 11.9. The van der Waals surface area contributed by atoms with E-state index >= 15 is 0 Å². The van der Waals surface area contributed by atoms with Crippen molar-refractivity contribution in [2.45, 2.75) is 13.5 Å². The molecule has 0 saturated carbocycles. The Kier molecular flexibility index (Phi) is 3.18. The number of rotatable bonds is 3. The minimum atomic E-state index is -2.22. The van der Waals surface area contributed by atoms with Gasteiger partial charge in [-0.1, -0.05) is 13.0 Å². The molecule has 0 amide bonds. The summed E-state index contributed by atoms with van der Waals surface area (Å²) in [7, 11) is -2.22. The van der Waals surface area contributed by atoms with Gasteiger partial charge < -0.3 is 4.57 Å². The van der Waals surface area contributed by atoms with Crippen molar-refractivity contribution in [1.29, 1.82) is 0 Å². The molecule has 2 heterocycles. The highest BCUT2D eigenvalue weighted by atomic mass is 31.2. The zero-order chi connectivity index (χ0) is 11.8. The van der Waals surface area contributed by atoms with E-state index in [1.54, 1.807) is 13.3 Å². The van der Waals surface area contributed by atoms with Crippen molar-refractivity contribution in [3.63, 3.8) is 0 Å². The van der Waals surface area contributed by atoms with Gasteiger partial charge in [0.15, 0.2) is 0 Å². The van der Waals surface area contributed by atoms with E-state index in [9.17, 15) is 4.57 Å². The number of likely N-dealkylation sites (tertiary alicyclic amines) is 1. The first-order valence-corrected chi connectivity index (χ1v) is 8.29. The van der Waals surface area contributed by atoms with Crippen LogP contribution in [-0.4, -0.2) is 36.3 Å². The summed E-state index contributed by atoms with van der Waals surface area (Å²) in [6.07, 6.45) is 0. The van der Waals surface area contributed by atoms with Gasteiger partial charge in [0, 0.05) is 19.6 Å². The molecule has 0 bridgehead atoms. The van der Waals surface area contributed by atoms with Crippen molar-refractivity contribution < 1.29 is 4.57 Å². The Morgan fingerprint density at radius 2 is 2.12 bits per heavy atom. The normalized spacial score (nSPS) is 18.4. The smallest absolute Gasteiger partial charge is 0.127 e. The Bertz CT molecular complexity index is 421. The largest absolute Gasteiger partial charge is 0.318 e. The van der Waals surface area contributed by atoms with Crippen molar-refractivity contribution in [2.24, 2.45) is 5.92 Å². The summed E-state index contributed by atoms with van der Waals surface area (Å²) in [6.45, 7) is 8.99. The molecule has 0 N–H and O–H groups in total. The van der Waals surface area contributed by atoms with Gasteiger partial charge in [0.1, 0.15) is 7.14 Å². The predicted molar refractivity (Wildman–Crippen MR) is 67.8 cm³/mol. The second kappa shape index (κ2) is 4.31. The summed E-state index contributed by atoms with van der Waals surface area (Å²) in [4.78, 5) is 6.85.